The molecule has 1 aromatic rings. The molecule has 0 aromatic carbocycles. The summed E-state index contributed by atoms with van der Waals surface area (Å²) in [7, 11) is 2.84. The highest BCUT2D eigenvalue weighted by Gasteiger charge is 2.21. The highest BCUT2D eigenvalue weighted by Crippen LogP contribution is 2.37. The Bertz CT molecular complexity index is 343. The molecule has 0 spiro atoms. The van der Waals surface area contributed by atoms with E-state index in [4.69, 9.17) is 20.3 Å². The van der Waals surface area contributed by atoms with Gasteiger partial charge in [-0.2, -0.15) is 0 Å². The average Bonchev–Trinajstić information content (AvgIpc) is 2.27. The predicted molar refractivity (Wildman–Crippen MR) is 53.0 cm³/mol. The number of nitrogens with two attached hydrogens (primary N) is 1. The Morgan fingerprint density at radius 2 is 2.13 bits per heavy atom. The quantitative estimate of drug-likeness (QED) is 0.642. The number of aliphatic hydroxyl groups excluding tert-OH is 1. The molecule has 0 saturated heterocycles. The minimum Gasteiger partial charge on any atom is -0.506 e. The Kier molecular flexibility index (Phi) is 3.70. The summed E-state index contributed by atoms with van der Waals surface area (Å²) in [6.45, 7) is -0.308. The van der Waals surface area contributed by atoms with E-state index in [0.29, 0.717) is 0 Å². The molecule has 0 amide bonds. The van der Waals surface area contributed by atoms with Gasteiger partial charge in [0, 0.05) is 0 Å². The van der Waals surface area contributed by atoms with Gasteiger partial charge in [0.1, 0.15) is 5.75 Å². The predicted octanol–water partition coefficient (Wildman–Crippen LogP) is -0.204. The van der Waals surface area contributed by atoms with Crippen molar-refractivity contribution in [3.63, 3.8) is 0 Å². The second kappa shape index (κ2) is 4.81. The zero-order valence-corrected chi connectivity index (χ0v) is 8.60. The molecule has 0 fully saturated rings. The molecule has 6 nitrogen and oxygen atoms in total. The normalized spacial score (nSPS) is 12.3. The molecule has 1 unspecified atom stereocenters. The van der Waals surface area contributed by atoms with Crippen LogP contribution in [0.25, 0.3) is 0 Å². The lowest BCUT2D eigenvalue weighted by atomic mass is 10.1. The molecule has 1 heterocycles. The van der Waals surface area contributed by atoms with E-state index in [9.17, 15) is 5.11 Å². The van der Waals surface area contributed by atoms with E-state index in [0.717, 1.165) is 0 Å². The van der Waals surface area contributed by atoms with E-state index in [1.807, 2.05) is 0 Å². The number of aromatic nitrogens is 1. The number of pyridine rings is 1. The molecule has 6 heteroatoms. The first-order valence-corrected chi connectivity index (χ1v) is 4.32. The summed E-state index contributed by atoms with van der Waals surface area (Å²) in [5.41, 5.74) is 5.91. The topological polar surface area (TPSA) is 97.8 Å². The molecule has 0 saturated carbocycles. The molecular weight excluding hydrogens is 200 g/mol. The largest absolute Gasteiger partial charge is 0.506 e. The van der Waals surface area contributed by atoms with Crippen molar-refractivity contribution in [1.82, 2.24) is 4.98 Å². The van der Waals surface area contributed by atoms with Crippen molar-refractivity contribution in [3.8, 4) is 17.4 Å². The lowest BCUT2D eigenvalue weighted by Gasteiger charge is -2.16. The summed E-state index contributed by atoms with van der Waals surface area (Å²) in [6.07, 6.45) is 1.20. The third-order valence-electron chi connectivity index (χ3n) is 1.98. The fourth-order valence-electron chi connectivity index (χ4n) is 1.27. The van der Waals surface area contributed by atoms with Gasteiger partial charge in [0.05, 0.1) is 38.6 Å². The van der Waals surface area contributed by atoms with Crippen LogP contribution >= 0.6 is 0 Å². The smallest absolute Gasteiger partial charge is 0.257 e. The number of aromatic hydroxyl groups is 1. The van der Waals surface area contributed by atoms with Crippen LogP contribution in [0.4, 0.5) is 0 Å². The van der Waals surface area contributed by atoms with E-state index in [1.165, 1.54) is 20.4 Å². The molecule has 1 rings (SSSR count). The number of aliphatic hydroxyl groups is 1. The molecule has 84 valence electrons. The number of ether oxygens (including phenoxy) is 2. The maximum atomic E-state index is 9.55. The van der Waals surface area contributed by atoms with Crippen LogP contribution < -0.4 is 15.2 Å². The zero-order valence-electron chi connectivity index (χ0n) is 8.60. The highest BCUT2D eigenvalue weighted by atomic mass is 16.5. The molecule has 0 aliphatic heterocycles. The van der Waals surface area contributed by atoms with E-state index in [2.05, 4.69) is 4.98 Å². The van der Waals surface area contributed by atoms with Crippen LogP contribution in [0.5, 0.6) is 17.4 Å². The van der Waals surface area contributed by atoms with Crippen molar-refractivity contribution in [2.75, 3.05) is 20.8 Å². The monoisotopic (exact) mass is 214 g/mol. The highest BCUT2D eigenvalue weighted by molar-refractivity contribution is 5.50. The first kappa shape index (κ1) is 11.5. The standard InChI is InChI=1S/C9H14N2O4/c1-14-8-7(5(10)4-12)6(13)3-11-9(8)15-2/h3,5,12-13H,4,10H2,1-2H3. The Balaban J connectivity index is 3.31. The fraction of sp³-hybridized carbons (Fsp3) is 0.444. The maximum absolute atomic E-state index is 9.55. The third kappa shape index (κ3) is 2.11. The number of hydrogen-bond acceptors (Lipinski definition) is 6. The van der Waals surface area contributed by atoms with Crippen LogP contribution in [0.3, 0.4) is 0 Å². The second-order valence-corrected chi connectivity index (χ2v) is 2.89. The van der Waals surface area contributed by atoms with Gasteiger partial charge < -0.3 is 25.4 Å². The van der Waals surface area contributed by atoms with Gasteiger partial charge in [0.25, 0.3) is 5.88 Å². The molecule has 4 N–H and O–H groups in total. The van der Waals surface area contributed by atoms with Gasteiger partial charge in [-0.3, -0.25) is 0 Å². The van der Waals surface area contributed by atoms with E-state index in [-0.39, 0.29) is 29.5 Å². The van der Waals surface area contributed by atoms with Crippen LogP contribution in [0, 0.1) is 0 Å². The van der Waals surface area contributed by atoms with Gasteiger partial charge in [-0.05, 0) is 0 Å². The van der Waals surface area contributed by atoms with Gasteiger partial charge in [-0.15, -0.1) is 0 Å². The third-order valence-corrected chi connectivity index (χ3v) is 1.98. The van der Waals surface area contributed by atoms with Crippen LogP contribution in [0.2, 0.25) is 0 Å². The average molecular weight is 214 g/mol. The van der Waals surface area contributed by atoms with Crippen molar-refractivity contribution < 1.29 is 19.7 Å². The Labute approximate surface area is 87.3 Å². The van der Waals surface area contributed by atoms with Crippen LogP contribution in [0.15, 0.2) is 6.20 Å². The number of rotatable bonds is 4. The summed E-state index contributed by atoms with van der Waals surface area (Å²) in [6, 6.07) is -0.739. The maximum Gasteiger partial charge on any atom is 0.257 e. The van der Waals surface area contributed by atoms with Gasteiger partial charge in [-0.1, -0.05) is 0 Å². The SMILES string of the molecule is COc1ncc(O)c(C(N)CO)c1OC. The van der Waals surface area contributed by atoms with E-state index < -0.39 is 6.04 Å². The van der Waals surface area contributed by atoms with Crippen LogP contribution in [-0.2, 0) is 0 Å². The Hall–Kier alpha value is -1.53. The molecule has 1 atom stereocenters. The molecule has 1 aromatic heterocycles. The summed E-state index contributed by atoms with van der Waals surface area (Å²) in [4.78, 5) is 3.81. The number of hydrogen-bond donors (Lipinski definition) is 3. The first-order chi connectivity index (χ1) is 7.15. The first-order valence-electron chi connectivity index (χ1n) is 4.32. The summed E-state index contributed by atoms with van der Waals surface area (Å²) in [5, 5.41) is 18.5. The summed E-state index contributed by atoms with van der Waals surface area (Å²) < 4.78 is 9.97. The molecule has 0 bridgehead atoms. The molecule has 15 heavy (non-hydrogen) atoms. The summed E-state index contributed by atoms with van der Waals surface area (Å²) >= 11 is 0. The minimum absolute atomic E-state index is 0.130. The molecule has 0 aliphatic carbocycles. The number of methoxy groups -OCH3 is 2. The fourth-order valence-corrected chi connectivity index (χ4v) is 1.27. The molecule has 0 aliphatic rings. The number of nitrogens with zero attached hydrogens (tertiary/aromatic N) is 1. The Morgan fingerprint density at radius 3 is 2.60 bits per heavy atom. The van der Waals surface area contributed by atoms with Gasteiger partial charge in [0.15, 0.2) is 5.75 Å². The van der Waals surface area contributed by atoms with Crippen molar-refractivity contribution in [1.29, 1.82) is 0 Å². The van der Waals surface area contributed by atoms with Gasteiger partial charge in [0.2, 0.25) is 0 Å². The van der Waals surface area contributed by atoms with E-state index in [1.54, 1.807) is 0 Å². The van der Waals surface area contributed by atoms with Gasteiger partial charge >= 0.3 is 0 Å². The van der Waals surface area contributed by atoms with Crippen LogP contribution in [-0.4, -0.2) is 36.0 Å². The van der Waals surface area contributed by atoms with Crippen molar-refractivity contribution in [3.05, 3.63) is 11.8 Å². The van der Waals surface area contributed by atoms with Crippen molar-refractivity contribution >= 4 is 0 Å². The minimum atomic E-state index is -0.739. The lowest BCUT2D eigenvalue weighted by Crippen LogP contribution is -2.16. The molecule has 0 radical (unpaired) electrons. The lowest BCUT2D eigenvalue weighted by molar-refractivity contribution is 0.258. The second-order valence-electron chi connectivity index (χ2n) is 2.89. The van der Waals surface area contributed by atoms with Crippen LogP contribution in [0.1, 0.15) is 11.6 Å². The van der Waals surface area contributed by atoms with Crippen molar-refractivity contribution in [2.24, 2.45) is 5.73 Å². The van der Waals surface area contributed by atoms with Crippen molar-refractivity contribution in [2.45, 2.75) is 6.04 Å². The summed E-state index contributed by atoms with van der Waals surface area (Å²) in [5.74, 6) is 0.322. The Morgan fingerprint density at radius 1 is 1.47 bits per heavy atom. The van der Waals surface area contributed by atoms with Gasteiger partial charge in [-0.25, -0.2) is 4.98 Å². The van der Waals surface area contributed by atoms with E-state index >= 15 is 0 Å². The molecular formula is C9H14N2O4. The zero-order chi connectivity index (χ0) is 11.4.